The van der Waals surface area contributed by atoms with Crippen LogP contribution in [-0.2, 0) is 21.4 Å². The highest BCUT2D eigenvalue weighted by atomic mass is 79.9. The smallest absolute Gasteiger partial charge is 0.229 e. The Morgan fingerprint density at radius 2 is 2.13 bits per heavy atom. The predicted molar refractivity (Wildman–Crippen MR) is 63.3 cm³/mol. The van der Waals surface area contributed by atoms with E-state index in [0.717, 1.165) is 16.3 Å². The topological polar surface area (TPSA) is 55.4 Å². The molecular weight excluding hydrogens is 282 g/mol. The zero-order valence-electron chi connectivity index (χ0n) is 8.45. The summed E-state index contributed by atoms with van der Waals surface area (Å²) in [7, 11) is -1.70. The fraction of sp³-hybridized carbons (Fsp3) is 0.333. The number of sulfonamides is 1. The Labute approximate surface area is 97.8 Å². The third-order valence-electron chi connectivity index (χ3n) is 1.70. The first kappa shape index (κ1) is 12.5. The van der Waals surface area contributed by atoms with Gasteiger partial charge in [0.1, 0.15) is 0 Å². The molecule has 0 atom stereocenters. The van der Waals surface area contributed by atoms with Crippen LogP contribution in [0.2, 0.25) is 0 Å². The molecule has 0 fully saturated rings. The molecule has 1 aromatic carbocycles. The van der Waals surface area contributed by atoms with E-state index >= 15 is 0 Å². The lowest BCUT2D eigenvalue weighted by Gasteiger charge is -2.11. The second-order valence-electron chi connectivity index (χ2n) is 3.07. The van der Waals surface area contributed by atoms with Gasteiger partial charge in [-0.2, -0.15) is 0 Å². The summed E-state index contributed by atoms with van der Waals surface area (Å²) in [6, 6.07) is 5.29. The summed E-state index contributed by atoms with van der Waals surface area (Å²) in [6.07, 6.45) is 1.12. The largest absolute Gasteiger partial charge is 0.380 e. The van der Waals surface area contributed by atoms with Crippen molar-refractivity contribution in [3.63, 3.8) is 0 Å². The van der Waals surface area contributed by atoms with Gasteiger partial charge in [0.05, 0.1) is 18.6 Å². The van der Waals surface area contributed by atoms with E-state index in [1.54, 1.807) is 19.2 Å². The molecule has 0 aliphatic rings. The van der Waals surface area contributed by atoms with Gasteiger partial charge in [-0.15, -0.1) is 0 Å². The third-order valence-corrected chi connectivity index (χ3v) is 3.04. The van der Waals surface area contributed by atoms with Crippen LogP contribution in [0.15, 0.2) is 22.7 Å². The summed E-state index contributed by atoms with van der Waals surface area (Å²) in [5.74, 6) is 0. The van der Waals surface area contributed by atoms with Crippen molar-refractivity contribution in [3.8, 4) is 0 Å². The van der Waals surface area contributed by atoms with Crippen LogP contribution < -0.4 is 4.72 Å². The summed E-state index contributed by atoms with van der Waals surface area (Å²) in [4.78, 5) is 0. The number of anilines is 1. The highest BCUT2D eigenvalue weighted by Crippen LogP contribution is 2.26. The van der Waals surface area contributed by atoms with E-state index in [0.29, 0.717) is 12.3 Å². The molecule has 0 spiro atoms. The van der Waals surface area contributed by atoms with E-state index in [9.17, 15) is 8.42 Å². The number of methoxy groups -OCH3 is 1. The lowest BCUT2D eigenvalue weighted by atomic mass is 10.2. The van der Waals surface area contributed by atoms with Gasteiger partial charge in [-0.05, 0) is 12.1 Å². The molecule has 1 rings (SSSR count). The van der Waals surface area contributed by atoms with Gasteiger partial charge in [-0.3, -0.25) is 4.72 Å². The van der Waals surface area contributed by atoms with E-state index < -0.39 is 10.0 Å². The Bertz CT molecular complexity index is 445. The normalized spacial score (nSPS) is 11.4. The summed E-state index contributed by atoms with van der Waals surface area (Å²) in [5, 5.41) is 0. The first-order valence-electron chi connectivity index (χ1n) is 4.18. The van der Waals surface area contributed by atoms with Crippen molar-refractivity contribution in [2.45, 2.75) is 6.61 Å². The maximum absolute atomic E-state index is 11.1. The molecule has 0 heterocycles. The number of hydrogen-bond acceptors (Lipinski definition) is 3. The van der Waals surface area contributed by atoms with Crippen molar-refractivity contribution in [3.05, 3.63) is 28.2 Å². The summed E-state index contributed by atoms with van der Waals surface area (Å²) in [6.45, 7) is 0.347. The van der Waals surface area contributed by atoms with Crippen LogP contribution >= 0.6 is 15.9 Å². The molecule has 6 heteroatoms. The zero-order valence-corrected chi connectivity index (χ0v) is 10.9. The standard InChI is InChI=1S/C9H12BrNO3S/c1-14-6-7-8(10)4-3-5-9(7)11-15(2,12)13/h3-5,11H,6H2,1-2H3. The highest BCUT2D eigenvalue weighted by Gasteiger charge is 2.09. The Kier molecular flexibility index (Phi) is 4.12. The predicted octanol–water partition coefficient (Wildman–Crippen LogP) is 1.97. The molecule has 0 aliphatic carbocycles. The fourth-order valence-electron chi connectivity index (χ4n) is 1.15. The van der Waals surface area contributed by atoms with E-state index in [2.05, 4.69) is 20.7 Å². The average Bonchev–Trinajstić information content (AvgIpc) is 2.08. The Morgan fingerprint density at radius 1 is 1.47 bits per heavy atom. The number of benzene rings is 1. The number of rotatable bonds is 4. The number of halogens is 1. The van der Waals surface area contributed by atoms with Gasteiger partial charge in [-0.25, -0.2) is 8.42 Å². The van der Waals surface area contributed by atoms with Crippen molar-refractivity contribution < 1.29 is 13.2 Å². The van der Waals surface area contributed by atoms with Crippen molar-refractivity contribution >= 4 is 31.6 Å². The molecule has 1 aromatic rings. The van der Waals surface area contributed by atoms with Gasteiger partial charge in [0.25, 0.3) is 0 Å². The van der Waals surface area contributed by atoms with E-state index in [4.69, 9.17) is 4.74 Å². The van der Waals surface area contributed by atoms with E-state index in [1.807, 2.05) is 6.07 Å². The average molecular weight is 294 g/mol. The molecule has 0 unspecified atom stereocenters. The van der Waals surface area contributed by atoms with Gasteiger partial charge >= 0.3 is 0 Å². The number of ether oxygens (including phenoxy) is 1. The van der Waals surface area contributed by atoms with Crippen LogP contribution in [0.4, 0.5) is 5.69 Å². The van der Waals surface area contributed by atoms with Crippen LogP contribution in [0, 0.1) is 0 Å². The first-order valence-corrected chi connectivity index (χ1v) is 6.86. The number of nitrogens with one attached hydrogen (secondary N) is 1. The van der Waals surface area contributed by atoms with Crippen molar-refractivity contribution in [1.29, 1.82) is 0 Å². The van der Waals surface area contributed by atoms with Crippen molar-refractivity contribution in [2.75, 3.05) is 18.1 Å². The summed E-state index contributed by atoms with van der Waals surface area (Å²) in [5.41, 5.74) is 1.32. The van der Waals surface area contributed by atoms with Gasteiger partial charge in [0.15, 0.2) is 0 Å². The molecule has 0 amide bonds. The maximum Gasteiger partial charge on any atom is 0.229 e. The maximum atomic E-state index is 11.1. The molecule has 0 radical (unpaired) electrons. The number of hydrogen-bond donors (Lipinski definition) is 1. The Hall–Kier alpha value is -0.590. The molecule has 84 valence electrons. The molecule has 0 saturated heterocycles. The summed E-state index contributed by atoms with van der Waals surface area (Å²) < 4.78 is 30.5. The minimum atomic E-state index is -3.26. The van der Waals surface area contributed by atoms with Crippen LogP contribution in [0.25, 0.3) is 0 Å². The van der Waals surface area contributed by atoms with Gasteiger partial charge in [-0.1, -0.05) is 22.0 Å². The van der Waals surface area contributed by atoms with Crippen molar-refractivity contribution in [1.82, 2.24) is 0 Å². The molecule has 0 aliphatic heterocycles. The molecular formula is C9H12BrNO3S. The fourth-order valence-corrected chi connectivity index (χ4v) is 2.22. The lowest BCUT2D eigenvalue weighted by molar-refractivity contribution is 0.185. The minimum Gasteiger partial charge on any atom is -0.380 e. The molecule has 1 N–H and O–H groups in total. The SMILES string of the molecule is COCc1c(Br)cccc1NS(C)(=O)=O. The van der Waals surface area contributed by atoms with E-state index in [-0.39, 0.29) is 0 Å². The van der Waals surface area contributed by atoms with Crippen LogP contribution in [0.5, 0.6) is 0 Å². The monoisotopic (exact) mass is 293 g/mol. The minimum absolute atomic E-state index is 0.347. The van der Waals surface area contributed by atoms with Gasteiger partial charge in [0, 0.05) is 17.1 Å². The Morgan fingerprint density at radius 3 is 2.67 bits per heavy atom. The lowest BCUT2D eigenvalue weighted by Crippen LogP contribution is -2.11. The molecule has 0 bridgehead atoms. The van der Waals surface area contributed by atoms with Gasteiger partial charge < -0.3 is 4.74 Å². The van der Waals surface area contributed by atoms with Crippen LogP contribution in [0.3, 0.4) is 0 Å². The third kappa shape index (κ3) is 3.81. The van der Waals surface area contributed by atoms with Crippen molar-refractivity contribution in [2.24, 2.45) is 0 Å². The summed E-state index contributed by atoms with van der Waals surface area (Å²) >= 11 is 3.34. The molecule has 0 aromatic heterocycles. The van der Waals surface area contributed by atoms with E-state index in [1.165, 1.54) is 0 Å². The zero-order chi connectivity index (χ0) is 11.5. The Balaban J connectivity index is 3.11. The molecule has 15 heavy (non-hydrogen) atoms. The second kappa shape index (κ2) is 4.96. The van der Waals surface area contributed by atoms with Crippen LogP contribution in [0.1, 0.15) is 5.56 Å². The first-order chi connectivity index (χ1) is 6.94. The quantitative estimate of drug-likeness (QED) is 0.923. The highest BCUT2D eigenvalue weighted by molar-refractivity contribution is 9.10. The second-order valence-corrected chi connectivity index (χ2v) is 5.68. The molecule has 4 nitrogen and oxygen atoms in total. The molecule has 0 saturated carbocycles. The van der Waals surface area contributed by atoms with Crippen LogP contribution in [-0.4, -0.2) is 21.8 Å². The van der Waals surface area contributed by atoms with Gasteiger partial charge in [0.2, 0.25) is 10.0 Å².